The van der Waals surface area contributed by atoms with E-state index in [1.54, 1.807) is 0 Å². The van der Waals surface area contributed by atoms with Gasteiger partial charge in [0.25, 0.3) is 0 Å². The van der Waals surface area contributed by atoms with Crippen molar-refractivity contribution >= 4 is 13.2 Å². The van der Waals surface area contributed by atoms with Crippen molar-refractivity contribution < 1.29 is 30.1 Å². The quantitative estimate of drug-likeness (QED) is 0.316. The van der Waals surface area contributed by atoms with Crippen LogP contribution >= 0.6 is 0 Å². The van der Waals surface area contributed by atoms with Crippen LogP contribution in [0, 0.1) is 0 Å². The molecule has 0 radical (unpaired) electrons. The summed E-state index contributed by atoms with van der Waals surface area (Å²) in [6.07, 6.45) is 4.18. The van der Waals surface area contributed by atoms with Gasteiger partial charge in [-0.05, 0) is 19.9 Å². The third-order valence-corrected chi connectivity index (χ3v) is 2.37. The Bertz CT molecular complexity index is 202. The first-order chi connectivity index (χ1) is 9.43. The molecule has 0 saturated carbocycles. The highest BCUT2D eigenvalue weighted by molar-refractivity contribution is 6.30. The van der Waals surface area contributed by atoms with E-state index in [9.17, 15) is 4.79 Å². The van der Waals surface area contributed by atoms with Gasteiger partial charge in [0, 0.05) is 26.1 Å². The standard InChI is InChI=1S/C6H11NO.C5H13NO2.BH3O3/c8-6-4-2-1-3-5-7-6;1-6(2-4-7)3-5-8;2-1(3)4/h1-5H2,(H,7,8);7-8H,2-5H2,1H3;2-4H. The Balaban J connectivity index is 0. The number of nitrogens with one attached hydrogen (secondary N) is 1. The van der Waals surface area contributed by atoms with Crippen LogP contribution in [0.2, 0.25) is 0 Å². The van der Waals surface area contributed by atoms with Gasteiger partial charge in [0.1, 0.15) is 0 Å². The topological polar surface area (TPSA) is 133 Å². The third kappa shape index (κ3) is 22.5. The van der Waals surface area contributed by atoms with Gasteiger partial charge in [-0.15, -0.1) is 0 Å². The van der Waals surface area contributed by atoms with Gasteiger partial charge in [-0.2, -0.15) is 0 Å². The summed E-state index contributed by atoms with van der Waals surface area (Å²) >= 11 is 0. The van der Waals surface area contributed by atoms with Gasteiger partial charge < -0.3 is 35.5 Å². The van der Waals surface area contributed by atoms with Crippen LogP contribution in [-0.2, 0) is 4.79 Å². The summed E-state index contributed by atoms with van der Waals surface area (Å²) in [7, 11) is -0.313. The lowest BCUT2D eigenvalue weighted by Crippen LogP contribution is -2.25. The molecule has 1 rings (SSSR count). The Morgan fingerprint density at radius 1 is 1.10 bits per heavy atom. The van der Waals surface area contributed by atoms with Crippen LogP contribution in [-0.4, -0.2) is 83.3 Å². The maximum Gasteiger partial charge on any atom is 0.631 e. The van der Waals surface area contributed by atoms with Crippen LogP contribution in [0.25, 0.3) is 0 Å². The van der Waals surface area contributed by atoms with Crippen LogP contribution in [0.4, 0.5) is 0 Å². The van der Waals surface area contributed by atoms with E-state index in [4.69, 9.17) is 25.3 Å². The first kappa shape index (κ1) is 21.6. The minimum atomic E-state index is -2.17. The molecule has 1 fully saturated rings. The fourth-order valence-corrected chi connectivity index (χ4v) is 1.36. The van der Waals surface area contributed by atoms with Crippen molar-refractivity contribution in [2.75, 3.05) is 39.9 Å². The van der Waals surface area contributed by atoms with Crippen molar-refractivity contribution in [2.45, 2.75) is 25.7 Å². The highest BCUT2D eigenvalue weighted by atomic mass is 16.5. The molecule has 1 aliphatic rings. The zero-order valence-corrected chi connectivity index (χ0v) is 12.0. The number of aliphatic hydroxyl groups excluding tert-OH is 2. The van der Waals surface area contributed by atoms with Gasteiger partial charge >= 0.3 is 7.32 Å². The average molecular weight is 294 g/mol. The molecule has 9 heteroatoms. The van der Waals surface area contributed by atoms with E-state index in [2.05, 4.69) is 5.32 Å². The molecular formula is C11H27BN2O6. The van der Waals surface area contributed by atoms with E-state index < -0.39 is 7.32 Å². The van der Waals surface area contributed by atoms with E-state index in [1.807, 2.05) is 11.9 Å². The second-order valence-electron chi connectivity index (χ2n) is 4.26. The van der Waals surface area contributed by atoms with Crippen LogP contribution in [0.15, 0.2) is 0 Å². The Morgan fingerprint density at radius 2 is 1.60 bits per heavy atom. The predicted molar refractivity (Wildman–Crippen MR) is 75.6 cm³/mol. The highest BCUT2D eigenvalue weighted by Crippen LogP contribution is 2.02. The number of aliphatic hydroxyl groups is 2. The number of hydrogen-bond acceptors (Lipinski definition) is 7. The molecule has 0 aromatic rings. The SMILES string of the molecule is CN(CCO)CCO.O=C1CCCCCN1.OB(O)O. The number of carbonyl (C=O) groups is 1. The maximum atomic E-state index is 10.6. The molecule has 1 amide bonds. The Morgan fingerprint density at radius 3 is 2.05 bits per heavy atom. The number of nitrogens with zero attached hydrogens (tertiary/aromatic N) is 1. The van der Waals surface area contributed by atoms with Crippen molar-refractivity contribution in [1.29, 1.82) is 0 Å². The molecule has 0 atom stereocenters. The molecule has 0 aromatic heterocycles. The summed E-state index contributed by atoms with van der Waals surface area (Å²) in [4.78, 5) is 12.4. The number of rotatable bonds is 4. The zero-order chi connectivity index (χ0) is 15.8. The smallest absolute Gasteiger partial charge is 0.402 e. The van der Waals surface area contributed by atoms with E-state index >= 15 is 0 Å². The van der Waals surface area contributed by atoms with Crippen molar-refractivity contribution in [1.82, 2.24) is 10.2 Å². The second-order valence-corrected chi connectivity index (χ2v) is 4.26. The van der Waals surface area contributed by atoms with Gasteiger partial charge in [-0.1, -0.05) is 6.42 Å². The first-order valence-electron chi connectivity index (χ1n) is 6.65. The van der Waals surface area contributed by atoms with E-state index in [0.717, 1.165) is 25.8 Å². The monoisotopic (exact) mass is 294 g/mol. The molecule has 6 N–H and O–H groups in total. The van der Waals surface area contributed by atoms with Crippen LogP contribution in [0.3, 0.4) is 0 Å². The van der Waals surface area contributed by atoms with Gasteiger partial charge in [0.2, 0.25) is 5.91 Å². The van der Waals surface area contributed by atoms with Gasteiger partial charge in [-0.3, -0.25) is 4.79 Å². The molecule has 1 heterocycles. The molecule has 0 aromatic carbocycles. The summed E-state index contributed by atoms with van der Waals surface area (Å²) in [6, 6.07) is 0. The number of amides is 1. The lowest BCUT2D eigenvalue weighted by atomic mass is 10.2. The van der Waals surface area contributed by atoms with Crippen LogP contribution in [0.5, 0.6) is 0 Å². The molecule has 0 aliphatic carbocycles. The Hall–Kier alpha value is -0.705. The molecular weight excluding hydrogens is 267 g/mol. The minimum Gasteiger partial charge on any atom is -0.402 e. The summed E-state index contributed by atoms with van der Waals surface area (Å²) in [5.74, 6) is 0.225. The largest absolute Gasteiger partial charge is 0.631 e. The summed E-state index contributed by atoms with van der Waals surface area (Å²) < 4.78 is 0. The molecule has 0 bridgehead atoms. The second kappa shape index (κ2) is 16.3. The van der Waals surface area contributed by atoms with Crippen molar-refractivity contribution in [2.24, 2.45) is 0 Å². The predicted octanol–water partition coefficient (Wildman–Crippen LogP) is -2.47. The zero-order valence-electron chi connectivity index (χ0n) is 12.0. The van der Waals surface area contributed by atoms with Crippen molar-refractivity contribution in [3.63, 3.8) is 0 Å². The van der Waals surface area contributed by atoms with Gasteiger partial charge in [0.15, 0.2) is 0 Å². The van der Waals surface area contributed by atoms with Crippen LogP contribution < -0.4 is 5.32 Å². The maximum absolute atomic E-state index is 10.6. The van der Waals surface area contributed by atoms with Crippen LogP contribution in [0.1, 0.15) is 25.7 Å². The van der Waals surface area contributed by atoms with E-state index in [1.165, 1.54) is 6.42 Å². The lowest BCUT2D eigenvalue weighted by Gasteiger charge is -2.11. The molecule has 1 saturated heterocycles. The summed E-state index contributed by atoms with van der Waals surface area (Å²) in [5.41, 5.74) is 0. The van der Waals surface area contributed by atoms with Gasteiger partial charge in [0.05, 0.1) is 13.2 Å². The van der Waals surface area contributed by atoms with Gasteiger partial charge in [-0.25, -0.2) is 0 Å². The van der Waals surface area contributed by atoms with Crippen molar-refractivity contribution in [3.05, 3.63) is 0 Å². The Labute approximate surface area is 120 Å². The fourth-order valence-electron chi connectivity index (χ4n) is 1.36. The number of likely N-dealkylation sites (N-methyl/N-ethyl adjacent to an activating group) is 1. The molecule has 120 valence electrons. The molecule has 1 aliphatic heterocycles. The third-order valence-electron chi connectivity index (χ3n) is 2.37. The highest BCUT2D eigenvalue weighted by Gasteiger charge is 2.03. The molecule has 20 heavy (non-hydrogen) atoms. The first-order valence-corrected chi connectivity index (χ1v) is 6.65. The van der Waals surface area contributed by atoms with Crippen molar-refractivity contribution in [3.8, 4) is 0 Å². The normalized spacial score (nSPS) is 14.2. The Kier molecular flexibility index (Phi) is 17.6. The average Bonchev–Trinajstić information content (AvgIpc) is 2.58. The number of hydrogen-bond donors (Lipinski definition) is 6. The lowest BCUT2D eigenvalue weighted by molar-refractivity contribution is -0.120. The molecule has 8 nitrogen and oxygen atoms in total. The molecule has 0 spiro atoms. The minimum absolute atomic E-state index is 0.163. The fraction of sp³-hybridized carbons (Fsp3) is 0.909. The number of carbonyl (C=O) groups excluding carboxylic acids is 1. The molecule has 0 unspecified atom stereocenters. The summed E-state index contributed by atoms with van der Waals surface area (Å²) in [5, 5.41) is 41.0. The summed E-state index contributed by atoms with van der Waals surface area (Å²) in [6.45, 7) is 2.49. The van der Waals surface area contributed by atoms with E-state index in [-0.39, 0.29) is 19.1 Å². The van der Waals surface area contributed by atoms with E-state index in [0.29, 0.717) is 13.1 Å².